The second-order valence-electron chi connectivity index (χ2n) is 5.80. The van der Waals surface area contributed by atoms with Crippen LogP contribution >= 0.6 is 11.6 Å². The lowest BCUT2D eigenvalue weighted by Crippen LogP contribution is -2.44. The molecule has 2 fully saturated rings. The SMILES string of the molecule is O=C(N1CCCC1)C1(c2ccc(Cl)cc2)CCCC1. The normalized spacial score (nSPS) is 21.8. The average Bonchev–Trinajstić information content (AvgIpc) is 3.11. The number of hydrogen-bond acceptors (Lipinski definition) is 1. The van der Waals surface area contributed by atoms with Crippen molar-refractivity contribution in [1.82, 2.24) is 4.90 Å². The van der Waals surface area contributed by atoms with Crippen LogP contribution in [0.2, 0.25) is 5.02 Å². The van der Waals surface area contributed by atoms with Gasteiger partial charge in [-0.25, -0.2) is 0 Å². The predicted molar refractivity (Wildman–Crippen MR) is 77.4 cm³/mol. The highest BCUT2D eigenvalue weighted by molar-refractivity contribution is 6.30. The Kier molecular flexibility index (Phi) is 3.53. The summed E-state index contributed by atoms with van der Waals surface area (Å²) in [5, 5.41) is 0.741. The number of carbonyl (C=O) groups excluding carboxylic acids is 1. The second-order valence-corrected chi connectivity index (χ2v) is 6.23. The van der Waals surface area contributed by atoms with E-state index in [9.17, 15) is 4.79 Å². The van der Waals surface area contributed by atoms with Gasteiger partial charge in [-0.15, -0.1) is 0 Å². The van der Waals surface area contributed by atoms with Crippen molar-refractivity contribution in [2.45, 2.75) is 43.9 Å². The van der Waals surface area contributed by atoms with Crippen molar-refractivity contribution in [3.8, 4) is 0 Å². The Morgan fingerprint density at radius 2 is 1.58 bits per heavy atom. The molecule has 0 unspecified atom stereocenters. The van der Waals surface area contributed by atoms with Crippen LogP contribution in [-0.4, -0.2) is 23.9 Å². The van der Waals surface area contributed by atoms with Crippen molar-refractivity contribution >= 4 is 17.5 Å². The van der Waals surface area contributed by atoms with Gasteiger partial charge in [0.05, 0.1) is 5.41 Å². The first kappa shape index (κ1) is 13.0. The minimum atomic E-state index is -0.269. The van der Waals surface area contributed by atoms with E-state index in [1.807, 2.05) is 24.3 Å². The molecule has 0 spiro atoms. The molecular weight excluding hydrogens is 258 g/mol. The highest BCUT2D eigenvalue weighted by atomic mass is 35.5. The van der Waals surface area contributed by atoms with Crippen molar-refractivity contribution in [3.05, 3.63) is 34.9 Å². The molecule has 2 aliphatic rings. The fraction of sp³-hybridized carbons (Fsp3) is 0.562. The molecule has 1 saturated heterocycles. The summed E-state index contributed by atoms with van der Waals surface area (Å²) in [5.74, 6) is 0.352. The summed E-state index contributed by atoms with van der Waals surface area (Å²) in [7, 11) is 0. The number of nitrogens with zero attached hydrogens (tertiary/aromatic N) is 1. The van der Waals surface area contributed by atoms with Gasteiger partial charge in [0.25, 0.3) is 0 Å². The lowest BCUT2D eigenvalue weighted by atomic mass is 9.77. The van der Waals surface area contributed by atoms with E-state index in [2.05, 4.69) is 4.90 Å². The molecule has 0 N–H and O–H groups in total. The maximum Gasteiger partial charge on any atom is 0.233 e. The molecule has 3 heteroatoms. The first-order chi connectivity index (χ1) is 9.22. The summed E-state index contributed by atoms with van der Waals surface area (Å²) >= 11 is 5.98. The number of rotatable bonds is 2. The standard InChI is InChI=1S/C16H20ClNO/c17-14-7-5-13(6-8-14)16(9-1-2-10-16)15(19)18-11-3-4-12-18/h5-8H,1-4,9-12H2. The molecule has 1 aliphatic heterocycles. The number of halogens is 1. The van der Waals surface area contributed by atoms with Gasteiger partial charge in [0.1, 0.15) is 0 Å². The first-order valence-electron chi connectivity index (χ1n) is 7.28. The van der Waals surface area contributed by atoms with Crippen LogP contribution in [0.4, 0.5) is 0 Å². The van der Waals surface area contributed by atoms with Crippen LogP contribution < -0.4 is 0 Å². The third-order valence-corrected chi connectivity index (χ3v) is 4.91. The minimum Gasteiger partial charge on any atom is -0.342 e. The van der Waals surface area contributed by atoms with Gasteiger partial charge in [0.2, 0.25) is 5.91 Å². The largest absolute Gasteiger partial charge is 0.342 e. The van der Waals surface area contributed by atoms with E-state index in [4.69, 9.17) is 11.6 Å². The molecule has 1 saturated carbocycles. The van der Waals surface area contributed by atoms with Crippen molar-refractivity contribution in [2.24, 2.45) is 0 Å². The molecule has 3 rings (SSSR count). The molecule has 2 nitrogen and oxygen atoms in total. The van der Waals surface area contributed by atoms with Crippen molar-refractivity contribution in [1.29, 1.82) is 0 Å². The number of amides is 1. The lowest BCUT2D eigenvalue weighted by molar-refractivity contribution is -0.136. The van der Waals surface area contributed by atoms with Gasteiger partial charge in [0.15, 0.2) is 0 Å². The highest BCUT2D eigenvalue weighted by Crippen LogP contribution is 2.43. The van der Waals surface area contributed by atoms with E-state index >= 15 is 0 Å². The molecule has 1 aliphatic carbocycles. The van der Waals surface area contributed by atoms with E-state index in [0.29, 0.717) is 5.91 Å². The summed E-state index contributed by atoms with van der Waals surface area (Å²) in [6.07, 6.45) is 6.60. The van der Waals surface area contributed by atoms with E-state index in [0.717, 1.165) is 62.2 Å². The van der Waals surface area contributed by atoms with E-state index in [1.165, 1.54) is 0 Å². The molecule has 0 atom stereocenters. The molecule has 0 radical (unpaired) electrons. The third-order valence-electron chi connectivity index (χ3n) is 4.66. The summed E-state index contributed by atoms with van der Waals surface area (Å²) in [4.78, 5) is 15.0. The van der Waals surface area contributed by atoms with E-state index < -0.39 is 0 Å². The van der Waals surface area contributed by atoms with Gasteiger partial charge in [0, 0.05) is 18.1 Å². The Hall–Kier alpha value is -1.02. The maximum atomic E-state index is 12.9. The molecule has 1 aromatic rings. The maximum absolute atomic E-state index is 12.9. The Morgan fingerprint density at radius 3 is 2.16 bits per heavy atom. The Balaban J connectivity index is 1.94. The minimum absolute atomic E-state index is 0.269. The molecule has 1 aromatic carbocycles. The summed E-state index contributed by atoms with van der Waals surface area (Å²) in [6, 6.07) is 7.91. The molecule has 1 heterocycles. The Morgan fingerprint density at radius 1 is 1.00 bits per heavy atom. The van der Waals surface area contributed by atoms with Gasteiger partial charge < -0.3 is 4.90 Å². The highest BCUT2D eigenvalue weighted by Gasteiger charge is 2.45. The molecule has 1 amide bonds. The molecule has 19 heavy (non-hydrogen) atoms. The zero-order valence-corrected chi connectivity index (χ0v) is 12.0. The quantitative estimate of drug-likeness (QED) is 0.806. The number of likely N-dealkylation sites (tertiary alicyclic amines) is 1. The van der Waals surface area contributed by atoms with Crippen molar-refractivity contribution in [3.63, 3.8) is 0 Å². The fourth-order valence-corrected chi connectivity index (χ4v) is 3.72. The summed E-state index contributed by atoms with van der Waals surface area (Å²) in [5.41, 5.74) is 0.890. The molecule has 102 valence electrons. The van der Waals surface area contributed by atoms with Gasteiger partial charge in [-0.1, -0.05) is 36.6 Å². The van der Waals surface area contributed by atoms with Crippen LogP contribution in [0.15, 0.2) is 24.3 Å². The van der Waals surface area contributed by atoms with E-state index in [1.54, 1.807) is 0 Å². The van der Waals surface area contributed by atoms with Crippen molar-refractivity contribution in [2.75, 3.05) is 13.1 Å². The van der Waals surface area contributed by atoms with Gasteiger partial charge in [-0.3, -0.25) is 4.79 Å². The van der Waals surface area contributed by atoms with E-state index in [-0.39, 0.29) is 5.41 Å². The average molecular weight is 278 g/mol. The number of carbonyl (C=O) groups is 1. The summed E-state index contributed by atoms with van der Waals surface area (Å²) in [6.45, 7) is 1.88. The van der Waals surface area contributed by atoms with Crippen LogP contribution in [0.5, 0.6) is 0 Å². The Bertz CT molecular complexity index is 456. The zero-order chi connectivity index (χ0) is 13.3. The Labute approximate surface area is 119 Å². The molecule has 0 bridgehead atoms. The van der Waals surface area contributed by atoms with Gasteiger partial charge in [-0.05, 0) is 43.4 Å². The fourth-order valence-electron chi connectivity index (χ4n) is 3.60. The summed E-state index contributed by atoms with van der Waals surface area (Å²) < 4.78 is 0. The smallest absolute Gasteiger partial charge is 0.233 e. The van der Waals surface area contributed by atoms with Gasteiger partial charge in [-0.2, -0.15) is 0 Å². The molecular formula is C16H20ClNO. The van der Waals surface area contributed by atoms with Crippen LogP contribution in [-0.2, 0) is 10.2 Å². The van der Waals surface area contributed by atoms with Crippen LogP contribution in [0.1, 0.15) is 44.1 Å². The number of benzene rings is 1. The third kappa shape index (κ3) is 2.27. The van der Waals surface area contributed by atoms with Crippen LogP contribution in [0.3, 0.4) is 0 Å². The topological polar surface area (TPSA) is 20.3 Å². The molecule has 0 aromatic heterocycles. The van der Waals surface area contributed by atoms with Crippen LogP contribution in [0.25, 0.3) is 0 Å². The van der Waals surface area contributed by atoms with Crippen molar-refractivity contribution < 1.29 is 4.79 Å². The predicted octanol–water partition coefficient (Wildman–Crippen LogP) is 3.77. The van der Waals surface area contributed by atoms with Gasteiger partial charge >= 0.3 is 0 Å². The first-order valence-corrected chi connectivity index (χ1v) is 7.66. The second kappa shape index (κ2) is 5.16. The van der Waals surface area contributed by atoms with Crippen LogP contribution in [0, 0.1) is 0 Å². The monoisotopic (exact) mass is 277 g/mol. The number of hydrogen-bond donors (Lipinski definition) is 0. The zero-order valence-electron chi connectivity index (χ0n) is 11.2. The lowest BCUT2D eigenvalue weighted by Gasteiger charge is -2.32.